The predicted molar refractivity (Wildman–Crippen MR) is 62.5 cm³/mol. The van der Waals surface area contributed by atoms with Gasteiger partial charge in [-0.1, -0.05) is 13.0 Å². The van der Waals surface area contributed by atoms with Crippen LogP contribution < -0.4 is 5.73 Å². The Morgan fingerprint density at radius 2 is 2.46 bits per heavy atom. The zero-order chi connectivity index (χ0) is 9.52. The molecule has 2 N–H and O–H groups in total. The summed E-state index contributed by atoms with van der Waals surface area (Å²) in [5.41, 5.74) is 5.83. The van der Waals surface area contributed by atoms with Gasteiger partial charge in [-0.05, 0) is 36.5 Å². The largest absolute Gasteiger partial charge is 0.328 e. The highest BCUT2D eigenvalue weighted by Crippen LogP contribution is 2.24. The van der Waals surface area contributed by atoms with Gasteiger partial charge in [-0.25, -0.2) is 0 Å². The van der Waals surface area contributed by atoms with Crippen LogP contribution in [0.3, 0.4) is 0 Å². The average Bonchev–Trinajstić information content (AvgIpc) is 2.64. The number of thioether (sulfide) groups is 1. The van der Waals surface area contributed by atoms with Crippen LogP contribution in [0.5, 0.6) is 0 Å². The SMILES string of the molecule is CCC(N)CCCSc1cccs1. The summed E-state index contributed by atoms with van der Waals surface area (Å²) in [6.07, 6.45) is 3.50. The maximum atomic E-state index is 5.83. The van der Waals surface area contributed by atoms with E-state index in [4.69, 9.17) is 5.73 Å². The molecule has 1 atom stereocenters. The minimum atomic E-state index is 0.406. The molecule has 1 heterocycles. The van der Waals surface area contributed by atoms with Crippen LogP contribution in [-0.2, 0) is 0 Å². The summed E-state index contributed by atoms with van der Waals surface area (Å²) in [6.45, 7) is 2.15. The molecule has 0 aliphatic heterocycles. The van der Waals surface area contributed by atoms with E-state index in [2.05, 4.69) is 24.4 Å². The molecule has 0 fully saturated rings. The van der Waals surface area contributed by atoms with Crippen molar-refractivity contribution >= 4 is 23.1 Å². The van der Waals surface area contributed by atoms with Crippen LogP contribution in [0.25, 0.3) is 0 Å². The van der Waals surface area contributed by atoms with Crippen LogP contribution in [0.1, 0.15) is 26.2 Å². The van der Waals surface area contributed by atoms with Crippen molar-refractivity contribution in [3.8, 4) is 0 Å². The van der Waals surface area contributed by atoms with E-state index >= 15 is 0 Å². The lowest BCUT2D eigenvalue weighted by atomic mass is 10.1. The molecule has 0 saturated carbocycles. The molecule has 1 rings (SSSR count). The van der Waals surface area contributed by atoms with E-state index in [0.29, 0.717) is 6.04 Å². The van der Waals surface area contributed by atoms with Gasteiger partial charge < -0.3 is 5.73 Å². The summed E-state index contributed by atoms with van der Waals surface area (Å²) in [7, 11) is 0. The molecule has 1 aromatic rings. The molecule has 13 heavy (non-hydrogen) atoms. The molecule has 1 unspecified atom stereocenters. The molecule has 3 heteroatoms. The first-order valence-corrected chi connectivity index (χ1v) is 6.61. The number of rotatable bonds is 6. The van der Waals surface area contributed by atoms with Crippen LogP contribution in [-0.4, -0.2) is 11.8 Å². The van der Waals surface area contributed by atoms with Crippen molar-refractivity contribution in [1.29, 1.82) is 0 Å². The number of nitrogens with two attached hydrogens (primary N) is 1. The highest BCUT2D eigenvalue weighted by Gasteiger charge is 1.99. The fraction of sp³-hybridized carbons (Fsp3) is 0.600. The van der Waals surface area contributed by atoms with Crippen molar-refractivity contribution in [2.45, 2.75) is 36.4 Å². The first-order valence-electron chi connectivity index (χ1n) is 4.74. The second-order valence-corrected chi connectivity index (χ2v) is 5.43. The third-order valence-corrected chi connectivity index (χ3v) is 4.20. The maximum absolute atomic E-state index is 5.83. The fourth-order valence-corrected chi connectivity index (χ4v) is 2.89. The second kappa shape index (κ2) is 6.46. The Morgan fingerprint density at radius 1 is 1.62 bits per heavy atom. The molecule has 74 valence electrons. The summed E-state index contributed by atoms with van der Waals surface area (Å²) >= 11 is 3.76. The maximum Gasteiger partial charge on any atom is 0.0598 e. The molecule has 1 nitrogen and oxygen atoms in total. The van der Waals surface area contributed by atoms with E-state index in [9.17, 15) is 0 Å². The van der Waals surface area contributed by atoms with Gasteiger partial charge in [0.2, 0.25) is 0 Å². The summed E-state index contributed by atoms with van der Waals surface area (Å²) in [5, 5.41) is 2.13. The van der Waals surface area contributed by atoms with Gasteiger partial charge in [0.1, 0.15) is 0 Å². The van der Waals surface area contributed by atoms with Gasteiger partial charge >= 0.3 is 0 Å². The Hall–Kier alpha value is 0.01000. The topological polar surface area (TPSA) is 26.0 Å². The molecule has 0 saturated heterocycles. The van der Waals surface area contributed by atoms with Gasteiger partial charge in [-0.15, -0.1) is 23.1 Å². The van der Waals surface area contributed by atoms with Crippen molar-refractivity contribution in [3.63, 3.8) is 0 Å². The van der Waals surface area contributed by atoms with Crippen LogP contribution in [0, 0.1) is 0 Å². The molecule has 0 spiro atoms. The molecular weight excluding hydrogens is 198 g/mol. The fourth-order valence-electron chi connectivity index (χ4n) is 1.07. The third kappa shape index (κ3) is 4.69. The van der Waals surface area contributed by atoms with Crippen LogP contribution in [0.15, 0.2) is 21.7 Å². The van der Waals surface area contributed by atoms with Crippen molar-refractivity contribution in [2.24, 2.45) is 5.73 Å². The molecule has 0 aliphatic carbocycles. The standard InChI is InChI=1S/C10H17NS2/c1-2-9(11)5-3-7-12-10-6-4-8-13-10/h4,6,8-9H,2-3,5,7,11H2,1H3. The first kappa shape index (κ1) is 11.1. The lowest BCUT2D eigenvalue weighted by molar-refractivity contribution is 0.589. The number of hydrogen-bond donors (Lipinski definition) is 1. The lowest BCUT2D eigenvalue weighted by Crippen LogP contribution is -2.18. The van der Waals surface area contributed by atoms with Gasteiger partial charge in [0, 0.05) is 6.04 Å². The number of thiophene rings is 1. The second-order valence-electron chi connectivity index (χ2n) is 3.09. The normalized spacial score (nSPS) is 13.1. The van der Waals surface area contributed by atoms with E-state index in [0.717, 1.165) is 12.8 Å². The molecular formula is C10H17NS2. The van der Waals surface area contributed by atoms with Gasteiger partial charge in [0.15, 0.2) is 0 Å². The minimum Gasteiger partial charge on any atom is -0.328 e. The monoisotopic (exact) mass is 215 g/mol. The Labute approximate surface area is 88.7 Å². The molecule has 0 radical (unpaired) electrons. The first-order chi connectivity index (χ1) is 6.33. The Balaban J connectivity index is 2.02. The summed E-state index contributed by atoms with van der Waals surface area (Å²) in [6, 6.07) is 4.68. The van der Waals surface area contributed by atoms with Crippen LogP contribution in [0.4, 0.5) is 0 Å². The summed E-state index contributed by atoms with van der Waals surface area (Å²) in [4.78, 5) is 0. The third-order valence-electron chi connectivity index (χ3n) is 1.98. The van der Waals surface area contributed by atoms with Crippen LogP contribution in [0.2, 0.25) is 0 Å². The Morgan fingerprint density at radius 3 is 3.08 bits per heavy atom. The van der Waals surface area contributed by atoms with Crippen molar-refractivity contribution in [2.75, 3.05) is 5.75 Å². The Bertz CT molecular complexity index is 209. The Kier molecular flexibility index (Phi) is 5.51. The van der Waals surface area contributed by atoms with Crippen molar-refractivity contribution in [3.05, 3.63) is 17.5 Å². The highest BCUT2D eigenvalue weighted by atomic mass is 32.2. The number of hydrogen-bond acceptors (Lipinski definition) is 3. The van der Waals surface area contributed by atoms with Gasteiger partial charge in [-0.2, -0.15) is 0 Å². The summed E-state index contributed by atoms with van der Waals surface area (Å²) in [5.74, 6) is 1.20. The summed E-state index contributed by atoms with van der Waals surface area (Å²) < 4.78 is 1.42. The van der Waals surface area contributed by atoms with E-state index in [1.165, 1.54) is 16.4 Å². The van der Waals surface area contributed by atoms with Crippen molar-refractivity contribution < 1.29 is 0 Å². The van der Waals surface area contributed by atoms with Gasteiger partial charge in [-0.3, -0.25) is 0 Å². The van der Waals surface area contributed by atoms with E-state index in [1.54, 1.807) is 0 Å². The highest BCUT2D eigenvalue weighted by molar-refractivity contribution is 8.01. The van der Waals surface area contributed by atoms with Crippen molar-refractivity contribution in [1.82, 2.24) is 0 Å². The van der Waals surface area contributed by atoms with Crippen LogP contribution >= 0.6 is 23.1 Å². The smallest absolute Gasteiger partial charge is 0.0598 e. The molecule has 0 aromatic carbocycles. The quantitative estimate of drug-likeness (QED) is 0.581. The predicted octanol–water partition coefficient (Wildman–Crippen LogP) is 3.36. The van der Waals surface area contributed by atoms with Gasteiger partial charge in [0.05, 0.1) is 4.21 Å². The molecule has 0 aliphatic rings. The molecule has 0 amide bonds. The van der Waals surface area contributed by atoms with E-state index < -0.39 is 0 Å². The van der Waals surface area contributed by atoms with E-state index in [1.807, 2.05) is 23.1 Å². The minimum absolute atomic E-state index is 0.406. The zero-order valence-corrected chi connectivity index (χ0v) is 9.66. The molecule has 1 aromatic heterocycles. The lowest BCUT2D eigenvalue weighted by Gasteiger charge is -2.06. The van der Waals surface area contributed by atoms with Gasteiger partial charge in [0.25, 0.3) is 0 Å². The average molecular weight is 215 g/mol. The molecule has 0 bridgehead atoms. The van der Waals surface area contributed by atoms with E-state index in [-0.39, 0.29) is 0 Å². The zero-order valence-electron chi connectivity index (χ0n) is 8.03.